The Morgan fingerprint density at radius 3 is 2.50 bits per heavy atom. The molecule has 0 saturated heterocycles. The maximum absolute atomic E-state index is 13.5. The lowest BCUT2D eigenvalue weighted by atomic mass is 10.1. The second kappa shape index (κ2) is 6.01. The van der Waals surface area contributed by atoms with Crippen LogP contribution in [0.4, 0.5) is 8.78 Å². The summed E-state index contributed by atoms with van der Waals surface area (Å²) in [5.74, 6) is -1.97. The van der Waals surface area contributed by atoms with Crippen LogP contribution >= 0.6 is 0 Å². The molecule has 0 saturated carbocycles. The van der Waals surface area contributed by atoms with Gasteiger partial charge in [0, 0.05) is 12.4 Å². The van der Waals surface area contributed by atoms with Crippen molar-refractivity contribution in [3.63, 3.8) is 0 Å². The van der Waals surface area contributed by atoms with Gasteiger partial charge in [0.2, 0.25) is 0 Å². The highest BCUT2D eigenvalue weighted by Gasteiger charge is 2.12. The summed E-state index contributed by atoms with van der Waals surface area (Å²) >= 11 is 0. The number of nitrogens with zero attached hydrogens (tertiary/aromatic N) is 2. The molecule has 1 aromatic carbocycles. The maximum Gasteiger partial charge on any atom is 0.272 e. The van der Waals surface area contributed by atoms with Gasteiger partial charge in [-0.2, -0.15) is 5.10 Å². The molecule has 102 valence electrons. The van der Waals surface area contributed by atoms with Crippen molar-refractivity contribution in [2.75, 3.05) is 0 Å². The van der Waals surface area contributed by atoms with Crippen LogP contribution in [0.3, 0.4) is 0 Å². The number of aromatic nitrogens is 1. The molecule has 4 nitrogen and oxygen atoms in total. The number of hydrazone groups is 1. The number of hydrogen-bond donors (Lipinski definition) is 1. The Morgan fingerprint density at radius 1 is 1.20 bits per heavy atom. The van der Waals surface area contributed by atoms with Crippen molar-refractivity contribution in [3.8, 4) is 0 Å². The van der Waals surface area contributed by atoms with Gasteiger partial charge < -0.3 is 0 Å². The molecule has 1 aromatic heterocycles. The van der Waals surface area contributed by atoms with E-state index in [1.165, 1.54) is 25.4 Å². The average Bonchev–Trinajstić information content (AvgIpc) is 2.45. The molecule has 0 radical (unpaired) electrons. The molecular weight excluding hydrogens is 264 g/mol. The van der Waals surface area contributed by atoms with E-state index in [0.29, 0.717) is 5.56 Å². The SMILES string of the molecule is C/C(=N/NC(=O)c1cccnc1)c1c(F)cccc1F. The average molecular weight is 275 g/mol. The van der Waals surface area contributed by atoms with Crippen molar-refractivity contribution >= 4 is 11.6 Å². The molecule has 0 bridgehead atoms. The largest absolute Gasteiger partial charge is 0.272 e. The highest BCUT2D eigenvalue weighted by Crippen LogP contribution is 2.12. The Labute approximate surface area is 114 Å². The fraction of sp³-hybridized carbons (Fsp3) is 0.0714. The molecule has 1 heterocycles. The van der Waals surface area contributed by atoms with Crippen LogP contribution in [0.1, 0.15) is 22.8 Å². The van der Waals surface area contributed by atoms with Crippen LogP contribution in [0.5, 0.6) is 0 Å². The topological polar surface area (TPSA) is 54.4 Å². The second-order valence-corrected chi connectivity index (χ2v) is 3.98. The number of benzene rings is 1. The number of pyridine rings is 1. The lowest BCUT2D eigenvalue weighted by molar-refractivity contribution is 0.0954. The molecular formula is C14H11F2N3O. The lowest BCUT2D eigenvalue weighted by Crippen LogP contribution is -2.20. The van der Waals surface area contributed by atoms with Gasteiger partial charge in [-0.1, -0.05) is 6.07 Å². The molecule has 1 N–H and O–H groups in total. The number of nitrogens with one attached hydrogen (secondary N) is 1. The smallest absolute Gasteiger partial charge is 0.267 e. The van der Waals surface area contributed by atoms with E-state index in [1.54, 1.807) is 12.1 Å². The third kappa shape index (κ3) is 3.03. The molecule has 0 fully saturated rings. The number of hydrogen-bond acceptors (Lipinski definition) is 3. The fourth-order valence-corrected chi connectivity index (χ4v) is 1.60. The Hall–Kier alpha value is -2.63. The van der Waals surface area contributed by atoms with Gasteiger partial charge in [0.05, 0.1) is 16.8 Å². The Balaban J connectivity index is 2.18. The minimum Gasteiger partial charge on any atom is -0.267 e. The summed E-state index contributed by atoms with van der Waals surface area (Å²) in [5.41, 5.74) is 2.31. The van der Waals surface area contributed by atoms with Gasteiger partial charge in [-0.25, -0.2) is 14.2 Å². The molecule has 0 unspecified atom stereocenters. The van der Waals surface area contributed by atoms with Crippen molar-refractivity contribution in [2.24, 2.45) is 5.10 Å². The van der Waals surface area contributed by atoms with E-state index in [-0.39, 0.29) is 11.3 Å². The van der Waals surface area contributed by atoms with E-state index in [1.807, 2.05) is 0 Å². The molecule has 0 spiro atoms. The second-order valence-electron chi connectivity index (χ2n) is 3.98. The first kappa shape index (κ1) is 13.8. The van der Waals surface area contributed by atoms with Crippen LogP contribution in [0, 0.1) is 11.6 Å². The highest BCUT2D eigenvalue weighted by atomic mass is 19.1. The number of halogens is 2. The normalized spacial score (nSPS) is 11.2. The van der Waals surface area contributed by atoms with E-state index in [4.69, 9.17) is 0 Å². The summed E-state index contributed by atoms with van der Waals surface area (Å²) in [7, 11) is 0. The predicted molar refractivity (Wildman–Crippen MR) is 70.3 cm³/mol. The third-order valence-corrected chi connectivity index (χ3v) is 2.57. The molecule has 1 amide bonds. The van der Waals surface area contributed by atoms with Crippen molar-refractivity contribution in [1.29, 1.82) is 0 Å². The quantitative estimate of drug-likeness (QED) is 0.691. The molecule has 2 aromatic rings. The van der Waals surface area contributed by atoms with E-state index in [2.05, 4.69) is 15.5 Å². The molecule has 6 heteroatoms. The Kier molecular flexibility index (Phi) is 4.14. The number of rotatable bonds is 3. The molecule has 0 aliphatic rings. The third-order valence-electron chi connectivity index (χ3n) is 2.57. The zero-order valence-corrected chi connectivity index (χ0v) is 10.6. The van der Waals surface area contributed by atoms with Crippen LogP contribution in [-0.2, 0) is 0 Å². The van der Waals surface area contributed by atoms with Crippen LogP contribution < -0.4 is 5.43 Å². The van der Waals surface area contributed by atoms with Crippen molar-refractivity contribution < 1.29 is 13.6 Å². The highest BCUT2D eigenvalue weighted by molar-refractivity contribution is 6.01. The first-order valence-corrected chi connectivity index (χ1v) is 5.78. The van der Waals surface area contributed by atoms with E-state index >= 15 is 0 Å². The lowest BCUT2D eigenvalue weighted by Gasteiger charge is -2.05. The molecule has 0 aliphatic carbocycles. The molecule has 0 atom stereocenters. The van der Waals surface area contributed by atoms with Crippen LogP contribution in [0.2, 0.25) is 0 Å². The standard InChI is InChI=1S/C14H11F2N3O/c1-9(13-11(15)5-2-6-12(13)16)18-19-14(20)10-4-3-7-17-8-10/h2-8H,1H3,(H,19,20)/b18-9-. The summed E-state index contributed by atoms with van der Waals surface area (Å²) in [4.78, 5) is 15.5. The summed E-state index contributed by atoms with van der Waals surface area (Å²) in [6.45, 7) is 1.41. The molecule has 20 heavy (non-hydrogen) atoms. The van der Waals surface area contributed by atoms with Gasteiger partial charge in [0.25, 0.3) is 5.91 Å². The first-order chi connectivity index (χ1) is 9.59. The van der Waals surface area contributed by atoms with Gasteiger partial charge in [-0.3, -0.25) is 9.78 Å². The molecule has 2 rings (SSSR count). The zero-order chi connectivity index (χ0) is 14.5. The maximum atomic E-state index is 13.5. The van der Waals surface area contributed by atoms with Gasteiger partial charge in [0.15, 0.2) is 0 Å². The minimum atomic E-state index is -0.734. The Morgan fingerprint density at radius 2 is 1.90 bits per heavy atom. The van der Waals surface area contributed by atoms with Gasteiger partial charge >= 0.3 is 0 Å². The number of amides is 1. The van der Waals surface area contributed by atoms with Gasteiger partial charge in [0.1, 0.15) is 11.6 Å². The predicted octanol–water partition coefficient (Wildman–Crippen LogP) is 2.51. The van der Waals surface area contributed by atoms with Crippen molar-refractivity contribution in [1.82, 2.24) is 10.4 Å². The number of carbonyl (C=O) groups excluding carboxylic acids is 1. The summed E-state index contributed by atoms with van der Waals surface area (Å²) in [5, 5.41) is 3.70. The number of carbonyl (C=O) groups is 1. The molecule has 0 aliphatic heterocycles. The fourth-order valence-electron chi connectivity index (χ4n) is 1.60. The summed E-state index contributed by atoms with van der Waals surface area (Å²) in [6, 6.07) is 6.66. The van der Waals surface area contributed by atoms with Gasteiger partial charge in [-0.05, 0) is 31.2 Å². The summed E-state index contributed by atoms with van der Waals surface area (Å²) in [6.07, 6.45) is 2.89. The minimum absolute atomic E-state index is 0.0397. The van der Waals surface area contributed by atoms with E-state index in [0.717, 1.165) is 12.1 Å². The van der Waals surface area contributed by atoms with E-state index < -0.39 is 17.5 Å². The van der Waals surface area contributed by atoms with Crippen molar-refractivity contribution in [2.45, 2.75) is 6.92 Å². The van der Waals surface area contributed by atoms with Crippen LogP contribution in [0.25, 0.3) is 0 Å². The van der Waals surface area contributed by atoms with Crippen LogP contribution in [-0.4, -0.2) is 16.6 Å². The first-order valence-electron chi connectivity index (χ1n) is 5.78. The monoisotopic (exact) mass is 275 g/mol. The summed E-state index contributed by atoms with van der Waals surface area (Å²) < 4.78 is 27.0. The van der Waals surface area contributed by atoms with Crippen molar-refractivity contribution in [3.05, 3.63) is 65.5 Å². The zero-order valence-electron chi connectivity index (χ0n) is 10.6. The van der Waals surface area contributed by atoms with Gasteiger partial charge in [-0.15, -0.1) is 0 Å². The van der Waals surface area contributed by atoms with Crippen LogP contribution in [0.15, 0.2) is 47.8 Å². The van der Waals surface area contributed by atoms with E-state index in [9.17, 15) is 13.6 Å². The Bertz CT molecular complexity index is 636.